The fourth-order valence-corrected chi connectivity index (χ4v) is 2.34. The third-order valence-corrected chi connectivity index (χ3v) is 3.80. The van der Waals surface area contributed by atoms with Gasteiger partial charge in [-0.1, -0.05) is 52.0 Å². The van der Waals surface area contributed by atoms with Crippen LogP contribution in [0.2, 0.25) is 0 Å². The Morgan fingerprint density at radius 3 is 1.74 bits per heavy atom. The first-order chi connectivity index (χ1) is 8.60. The molecule has 0 spiro atoms. The van der Waals surface area contributed by atoms with Gasteiger partial charge in [0, 0.05) is 0 Å². The van der Waals surface area contributed by atoms with Gasteiger partial charge < -0.3 is 5.11 Å². The number of aliphatic hydroxyl groups is 1. The monoisotopic (exact) mass is 270 g/mol. The summed E-state index contributed by atoms with van der Waals surface area (Å²) >= 11 is 0. The predicted molar refractivity (Wildman–Crippen MR) is 74.5 cm³/mol. The average molecular weight is 270 g/mol. The summed E-state index contributed by atoms with van der Waals surface area (Å²) in [4.78, 5) is 0. The van der Waals surface area contributed by atoms with E-state index in [9.17, 15) is 13.9 Å². The number of rotatable bonds is 4. The molecule has 0 aliphatic heterocycles. The van der Waals surface area contributed by atoms with E-state index in [1.165, 1.54) is 6.92 Å². The predicted octanol–water partition coefficient (Wildman–Crippen LogP) is 4.48. The number of hydrogen-bond donors (Lipinski definition) is 1. The molecule has 19 heavy (non-hydrogen) atoms. The molecule has 0 aliphatic carbocycles. The fraction of sp³-hybridized carbons (Fsp3) is 0.625. The quantitative estimate of drug-likeness (QED) is 0.855. The largest absolute Gasteiger partial charge is 0.385 e. The van der Waals surface area contributed by atoms with Crippen LogP contribution in [0.1, 0.15) is 52.2 Å². The molecule has 1 aromatic carbocycles. The Balaban J connectivity index is 3.09. The van der Waals surface area contributed by atoms with Crippen LogP contribution >= 0.6 is 0 Å². The number of benzene rings is 1. The highest BCUT2D eigenvalue weighted by molar-refractivity contribution is 5.31. The summed E-state index contributed by atoms with van der Waals surface area (Å²) in [5.41, 5.74) is 0.182. The van der Waals surface area contributed by atoms with E-state index < -0.39 is 17.9 Å². The molecule has 1 rings (SSSR count). The molecule has 0 saturated carbocycles. The molecule has 0 bridgehead atoms. The molecule has 3 heteroatoms. The van der Waals surface area contributed by atoms with Crippen molar-refractivity contribution in [2.45, 2.75) is 58.5 Å². The van der Waals surface area contributed by atoms with Crippen molar-refractivity contribution in [1.82, 2.24) is 0 Å². The molecule has 108 valence electrons. The van der Waals surface area contributed by atoms with Crippen molar-refractivity contribution in [3.8, 4) is 0 Å². The molecule has 0 amide bonds. The molecule has 0 radical (unpaired) electrons. The lowest BCUT2D eigenvalue weighted by Gasteiger charge is -2.32. The number of halogens is 2. The second kappa shape index (κ2) is 5.58. The van der Waals surface area contributed by atoms with Gasteiger partial charge in [0.25, 0.3) is 0 Å². The summed E-state index contributed by atoms with van der Waals surface area (Å²) in [6.45, 7) is 9.42. The zero-order valence-corrected chi connectivity index (χ0v) is 12.4. The van der Waals surface area contributed by atoms with Crippen molar-refractivity contribution in [3.63, 3.8) is 0 Å². The van der Waals surface area contributed by atoms with Gasteiger partial charge in [0.1, 0.15) is 0 Å². The third-order valence-electron chi connectivity index (χ3n) is 3.80. The molecule has 2 unspecified atom stereocenters. The Bertz CT molecular complexity index is 402. The molecule has 1 aromatic rings. The van der Waals surface area contributed by atoms with Gasteiger partial charge in [-0.2, -0.15) is 0 Å². The van der Waals surface area contributed by atoms with E-state index in [0.717, 1.165) is 5.56 Å². The summed E-state index contributed by atoms with van der Waals surface area (Å²) in [6, 6.07) is 7.32. The highest BCUT2D eigenvalue weighted by atomic mass is 19.3. The first kappa shape index (κ1) is 16.1. The summed E-state index contributed by atoms with van der Waals surface area (Å²) in [5, 5.41) is 10.4. The summed E-state index contributed by atoms with van der Waals surface area (Å²) in [6.07, 6.45) is -2.28. The normalized spacial score (nSPS) is 17.3. The van der Waals surface area contributed by atoms with Crippen LogP contribution in [0, 0.1) is 5.92 Å². The minimum atomic E-state index is -2.53. The van der Waals surface area contributed by atoms with Gasteiger partial charge >= 0.3 is 0 Å². The second-order valence-electron chi connectivity index (χ2n) is 6.32. The first-order valence-electron chi connectivity index (χ1n) is 6.72. The Kier molecular flexibility index (Phi) is 4.72. The van der Waals surface area contributed by atoms with Crippen LogP contribution in [-0.2, 0) is 11.0 Å². The lowest BCUT2D eigenvalue weighted by atomic mass is 9.79. The molecular weight excluding hydrogens is 246 g/mol. The minimum absolute atomic E-state index is 0.0112. The zero-order valence-electron chi connectivity index (χ0n) is 12.4. The smallest absolute Gasteiger partial charge is 0.244 e. The Hall–Kier alpha value is -0.960. The number of alkyl halides is 2. The van der Waals surface area contributed by atoms with Crippen LogP contribution < -0.4 is 0 Å². The standard InChI is InChI=1S/C16H24F2O/c1-6-13(14(17)18)16(5,19)12-9-7-11(8-10-12)15(2,3)4/h7-10,13-14,19H,6H2,1-5H3. The van der Waals surface area contributed by atoms with Crippen LogP contribution in [0.3, 0.4) is 0 Å². The van der Waals surface area contributed by atoms with Gasteiger partial charge in [0.15, 0.2) is 0 Å². The van der Waals surface area contributed by atoms with Crippen molar-refractivity contribution in [1.29, 1.82) is 0 Å². The van der Waals surface area contributed by atoms with Gasteiger partial charge in [-0.3, -0.25) is 0 Å². The molecule has 2 atom stereocenters. The van der Waals surface area contributed by atoms with E-state index >= 15 is 0 Å². The van der Waals surface area contributed by atoms with Crippen molar-refractivity contribution < 1.29 is 13.9 Å². The SMILES string of the molecule is CCC(C(F)F)C(C)(O)c1ccc(C(C)(C)C)cc1. The lowest BCUT2D eigenvalue weighted by molar-refractivity contribution is -0.0798. The Labute approximate surface area is 114 Å². The van der Waals surface area contributed by atoms with Gasteiger partial charge in [-0.05, 0) is 29.9 Å². The summed E-state index contributed by atoms with van der Waals surface area (Å²) in [7, 11) is 0. The third kappa shape index (κ3) is 3.53. The summed E-state index contributed by atoms with van der Waals surface area (Å²) < 4.78 is 26.0. The highest BCUT2D eigenvalue weighted by Crippen LogP contribution is 2.36. The van der Waals surface area contributed by atoms with Gasteiger partial charge in [0.2, 0.25) is 6.43 Å². The molecule has 0 heterocycles. The van der Waals surface area contributed by atoms with E-state index in [2.05, 4.69) is 20.8 Å². The van der Waals surface area contributed by atoms with Crippen molar-refractivity contribution >= 4 is 0 Å². The highest BCUT2D eigenvalue weighted by Gasteiger charge is 2.38. The molecule has 0 fully saturated rings. The minimum Gasteiger partial charge on any atom is -0.385 e. The fourth-order valence-electron chi connectivity index (χ4n) is 2.34. The molecule has 1 N–H and O–H groups in total. The maximum Gasteiger partial charge on any atom is 0.244 e. The van der Waals surface area contributed by atoms with Crippen LogP contribution in [0.4, 0.5) is 8.78 Å². The summed E-state index contributed by atoms with van der Waals surface area (Å²) in [5.74, 6) is -1.05. The second-order valence-corrected chi connectivity index (χ2v) is 6.32. The maximum absolute atomic E-state index is 13.0. The van der Waals surface area contributed by atoms with E-state index in [-0.39, 0.29) is 11.8 Å². The van der Waals surface area contributed by atoms with E-state index in [0.29, 0.717) is 5.56 Å². The van der Waals surface area contributed by atoms with Crippen molar-refractivity contribution in [2.24, 2.45) is 5.92 Å². The molecular formula is C16H24F2O. The molecule has 1 nitrogen and oxygen atoms in total. The van der Waals surface area contributed by atoms with Crippen molar-refractivity contribution in [3.05, 3.63) is 35.4 Å². The van der Waals surface area contributed by atoms with Crippen LogP contribution in [0.15, 0.2) is 24.3 Å². The Morgan fingerprint density at radius 2 is 1.42 bits per heavy atom. The van der Waals surface area contributed by atoms with Gasteiger partial charge in [0.05, 0.1) is 11.5 Å². The van der Waals surface area contributed by atoms with Crippen LogP contribution in [0.25, 0.3) is 0 Å². The topological polar surface area (TPSA) is 20.2 Å². The van der Waals surface area contributed by atoms with Crippen LogP contribution in [-0.4, -0.2) is 11.5 Å². The van der Waals surface area contributed by atoms with Gasteiger partial charge in [-0.25, -0.2) is 8.78 Å². The van der Waals surface area contributed by atoms with Gasteiger partial charge in [-0.15, -0.1) is 0 Å². The van der Waals surface area contributed by atoms with E-state index in [1.807, 2.05) is 12.1 Å². The van der Waals surface area contributed by atoms with E-state index in [4.69, 9.17) is 0 Å². The average Bonchev–Trinajstić information content (AvgIpc) is 2.28. The Morgan fingerprint density at radius 1 is 1.00 bits per heavy atom. The van der Waals surface area contributed by atoms with Crippen LogP contribution in [0.5, 0.6) is 0 Å². The van der Waals surface area contributed by atoms with Crippen molar-refractivity contribution in [2.75, 3.05) is 0 Å². The molecule has 0 aliphatic rings. The first-order valence-corrected chi connectivity index (χ1v) is 6.72. The number of hydrogen-bond acceptors (Lipinski definition) is 1. The maximum atomic E-state index is 13.0. The zero-order chi connectivity index (χ0) is 14.8. The van der Waals surface area contributed by atoms with E-state index in [1.54, 1.807) is 19.1 Å². The molecule has 0 aromatic heterocycles. The lowest BCUT2D eigenvalue weighted by Crippen LogP contribution is -2.36. The molecule has 0 saturated heterocycles.